The Morgan fingerprint density at radius 3 is 2.92 bits per heavy atom. The molecule has 2 nitrogen and oxygen atoms in total. The van der Waals surface area contributed by atoms with Gasteiger partial charge in [-0.05, 0) is 25.1 Å². The Morgan fingerprint density at radius 1 is 1.33 bits per heavy atom. The molecule has 1 aromatic heterocycles. The summed E-state index contributed by atoms with van der Waals surface area (Å²) in [5.74, 6) is 0. The fraction of sp³-hybridized carbons (Fsp3) is 0.100. The van der Waals surface area contributed by atoms with Crippen LogP contribution in [0.25, 0.3) is 10.9 Å². The first kappa shape index (κ1) is 6.93. The van der Waals surface area contributed by atoms with Gasteiger partial charge >= 0.3 is 0 Å². The van der Waals surface area contributed by atoms with Crippen LogP contribution in [0, 0.1) is 18.4 Å². The van der Waals surface area contributed by atoms with E-state index in [4.69, 9.17) is 5.26 Å². The average Bonchev–Trinajstić information content (AvgIpc) is 2.46. The molecule has 0 bridgehead atoms. The Labute approximate surface area is 70.7 Å². The second-order valence-electron chi connectivity index (χ2n) is 2.85. The highest BCUT2D eigenvalue weighted by atomic mass is 14.9. The molecule has 0 saturated heterocycles. The lowest BCUT2D eigenvalue weighted by atomic mass is 10.2. The van der Waals surface area contributed by atoms with Crippen LogP contribution in [-0.4, -0.2) is 4.57 Å². The third-order valence-electron chi connectivity index (χ3n) is 1.95. The first-order valence-corrected chi connectivity index (χ1v) is 3.79. The second kappa shape index (κ2) is 2.38. The molecule has 2 rings (SSSR count). The van der Waals surface area contributed by atoms with Crippen molar-refractivity contribution in [3.8, 4) is 6.19 Å². The summed E-state index contributed by atoms with van der Waals surface area (Å²) in [5.41, 5.74) is 2.20. The Hall–Kier alpha value is -1.75. The Kier molecular flexibility index (Phi) is 1.38. The van der Waals surface area contributed by atoms with Crippen LogP contribution in [0.3, 0.4) is 0 Å². The van der Waals surface area contributed by atoms with E-state index in [-0.39, 0.29) is 0 Å². The molecule has 0 fully saturated rings. The van der Waals surface area contributed by atoms with Crippen LogP contribution in [-0.2, 0) is 0 Å². The van der Waals surface area contributed by atoms with Crippen molar-refractivity contribution in [1.29, 1.82) is 5.26 Å². The Bertz CT molecular complexity index is 460. The fourth-order valence-electron chi connectivity index (χ4n) is 1.35. The molecule has 58 valence electrons. The van der Waals surface area contributed by atoms with Gasteiger partial charge in [-0.2, -0.15) is 5.26 Å². The van der Waals surface area contributed by atoms with Crippen LogP contribution in [0.15, 0.2) is 30.5 Å². The minimum atomic E-state index is 0.975. The summed E-state index contributed by atoms with van der Waals surface area (Å²) in [6.07, 6.45) is 3.87. The predicted molar refractivity (Wildman–Crippen MR) is 47.7 cm³/mol. The normalized spacial score (nSPS) is 10.0. The maximum atomic E-state index is 8.71. The molecule has 0 aliphatic rings. The number of nitriles is 1. The fourth-order valence-corrected chi connectivity index (χ4v) is 1.35. The van der Waals surface area contributed by atoms with Crippen LogP contribution in [0.1, 0.15) is 5.56 Å². The first-order chi connectivity index (χ1) is 5.81. The number of fused-ring (bicyclic) bond motifs is 1. The summed E-state index contributed by atoms with van der Waals surface area (Å²) in [6.45, 7) is 2.04. The van der Waals surface area contributed by atoms with Crippen molar-refractivity contribution in [2.75, 3.05) is 0 Å². The van der Waals surface area contributed by atoms with E-state index in [0.717, 1.165) is 10.9 Å². The summed E-state index contributed by atoms with van der Waals surface area (Å²) >= 11 is 0. The molecule has 0 N–H and O–H groups in total. The van der Waals surface area contributed by atoms with E-state index in [0.29, 0.717) is 0 Å². The van der Waals surface area contributed by atoms with Crippen molar-refractivity contribution in [3.05, 3.63) is 36.0 Å². The van der Waals surface area contributed by atoms with E-state index in [1.165, 1.54) is 5.56 Å². The summed E-state index contributed by atoms with van der Waals surface area (Å²) in [6, 6.07) is 8.00. The Balaban J connectivity index is 2.84. The van der Waals surface area contributed by atoms with Gasteiger partial charge in [0.1, 0.15) is 0 Å². The van der Waals surface area contributed by atoms with Gasteiger partial charge in [0.05, 0.1) is 5.52 Å². The van der Waals surface area contributed by atoms with Gasteiger partial charge in [0, 0.05) is 11.6 Å². The standard InChI is InChI=1S/C10H8N2/c1-8-2-3-10-9(6-8)4-5-12(10)7-11/h2-6H,1H3. The van der Waals surface area contributed by atoms with Crippen molar-refractivity contribution >= 4 is 10.9 Å². The molecule has 0 radical (unpaired) electrons. The highest BCUT2D eigenvalue weighted by Gasteiger charge is 1.98. The van der Waals surface area contributed by atoms with Gasteiger partial charge in [-0.25, -0.2) is 0 Å². The number of rotatable bonds is 0. The van der Waals surface area contributed by atoms with E-state index < -0.39 is 0 Å². The molecule has 0 atom stereocenters. The van der Waals surface area contributed by atoms with Crippen molar-refractivity contribution in [2.45, 2.75) is 6.92 Å². The van der Waals surface area contributed by atoms with Gasteiger partial charge in [-0.3, -0.25) is 4.57 Å². The molecule has 1 aromatic carbocycles. The smallest absolute Gasteiger partial charge is 0.188 e. The molecule has 0 aliphatic carbocycles. The quantitative estimate of drug-likeness (QED) is 0.575. The molecule has 2 aromatic rings. The predicted octanol–water partition coefficient (Wildman–Crippen LogP) is 2.28. The SMILES string of the molecule is Cc1ccc2c(ccn2C#N)c1. The van der Waals surface area contributed by atoms with Gasteiger partial charge < -0.3 is 0 Å². The molecule has 0 saturated carbocycles. The second-order valence-corrected chi connectivity index (χ2v) is 2.85. The van der Waals surface area contributed by atoms with Crippen LogP contribution in [0.4, 0.5) is 0 Å². The number of hydrogen-bond donors (Lipinski definition) is 0. The minimum Gasteiger partial charge on any atom is -0.254 e. The van der Waals surface area contributed by atoms with Crippen molar-refractivity contribution in [2.24, 2.45) is 0 Å². The topological polar surface area (TPSA) is 28.7 Å². The first-order valence-electron chi connectivity index (χ1n) is 3.79. The number of aromatic nitrogens is 1. The Morgan fingerprint density at radius 2 is 2.17 bits per heavy atom. The molecular weight excluding hydrogens is 148 g/mol. The third-order valence-corrected chi connectivity index (χ3v) is 1.95. The average molecular weight is 156 g/mol. The van der Waals surface area contributed by atoms with E-state index in [1.807, 2.05) is 25.1 Å². The van der Waals surface area contributed by atoms with Gasteiger partial charge in [0.2, 0.25) is 0 Å². The summed E-state index contributed by atoms with van der Waals surface area (Å²) in [5, 5.41) is 9.83. The van der Waals surface area contributed by atoms with Crippen LogP contribution in [0.5, 0.6) is 0 Å². The van der Waals surface area contributed by atoms with Crippen molar-refractivity contribution in [1.82, 2.24) is 4.57 Å². The van der Waals surface area contributed by atoms with E-state index in [1.54, 1.807) is 10.8 Å². The monoisotopic (exact) mass is 156 g/mol. The molecule has 0 spiro atoms. The minimum absolute atomic E-state index is 0.975. The van der Waals surface area contributed by atoms with Gasteiger partial charge in [0.25, 0.3) is 0 Å². The van der Waals surface area contributed by atoms with E-state index in [9.17, 15) is 0 Å². The van der Waals surface area contributed by atoms with Crippen molar-refractivity contribution in [3.63, 3.8) is 0 Å². The lowest BCUT2D eigenvalue weighted by molar-refractivity contribution is 1.15. The molecule has 0 amide bonds. The highest BCUT2D eigenvalue weighted by Crippen LogP contribution is 2.15. The molecule has 1 heterocycles. The third kappa shape index (κ3) is 0.876. The van der Waals surface area contributed by atoms with Crippen LogP contribution < -0.4 is 0 Å². The van der Waals surface area contributed by atoms with E-state index >= 15 is 0 Å². The summed E-state index contributed by atoms with van der Waals surface area (Å²) in [7, 11) is 0. The zero-order chi connectivity index (χ0) is 8.55. The van der Waals surface area contributed by atoms with Gasteiger partial charge in [-0.15, -0.1) is 0 Å². The lowest BCUT2D eigenvalue weighted by Crippen LogP contribution is -1.83. The van der Waals surface area contributed by atoms with Crippen molar-refractivity contribution < 1.29 is 0 Å². The summed E-state index contributed by atoms with van der Waals surface area (Å²) < 4.78 is 1.56. The zero-order valence-corrected chi connectivity index (χ0v) is 6.78. The largest absolute Gasteiger partial charge is 0.254 e. The number of aryl methyl sites for hydroxylation is 1. The van der Waals surface area contributed by atoms with Crippen LogP contribution in [0.2, 0.25) is 0 Å². The lowest BCUT2D eigenvalue weighted by Gasteiger charge is -1.93. The number of benzene rings is 1. The number of hydrogen-bond acceptors (Lipinski definition) is 1. The van der Waals surface area contributed by atoms with Gasteiger partial charge in [0.15, 0.2) is 6.19 Å². The summed E-state index contributed by atoms with van der Waals surface area (Å²) in [4.78, 5) is 0. The molecule has 0 unspecified atom stereocenters. The molecular formula is C10H8N2. The maximum Gasteiger partial charge on any atom is 0.188 e. The van der Waals surface area contributed by atoms with E-state index in [2.05, 4.69) is 12.3 Å². The molecule has 12 heavy (non-hydrogen) atoms. The zero-order valence-electron chi connectivity index (χ0n) is 6.78. The molecule has 0 aliphatic heterocycles. The van der Waals surface area contributed by atoms with Crippen LogP contribution >= 0.6 is 0 Å². The molecule has 2 heteroatoms. The van der Waals surface area contributed by atoms with Gasteiger partial charge in [-0.1, -0.05) is 11.6 Å². The highest BCUT2D eigenvalue weighted by molar-refractivity contribution is 5.81. The number of nitrogens with zero attached hydrogens (tertiary/aromatic N) is 2. The maximum absolute atomic E-state index is 8.71.